The van der Waals surface area contributed by atoms with Gasteiger partial charge < -0.3 is 11.1 Å². The van der Waals surface area contributed by atoms with Crippen LogP contribution in [0.15, 0.2) is 51.1 Å². The van der Waals surface area contributed by atoms with E-state index >= 15 is 0 Å². The number of nitrogens with one attached hydrogen (secondary N) is 1. The highest BCUT2D eigenvalue weighted by Gasteiger charge is 2.24. The Balaban J connectivity index is 2.45. The van der Waals surface area contributed by atoms with Crippen LogP contribution in [0.25, 0.3) is 0 Å². The Bertz CT molecular complexity index is 1030. The van der Waals surface area contributed by atoms with E-state index in [-0.39, 0.29) is 21.0 Å². The fourth-order valence-corrected chi connectivity index (χ4v) is 4.90. The van der Waals surface area contributed by atoms with Gasteiger partial charge in [-0.25, -0.2) is 8.42 Å². The van der Waals surface area contributed by atoms with Crippen molar-refractivity contribution >= 4 is 31.3 Å². The van der Waals surface area contributed by atoms with Gasteiger partial charge in [0.2, 0.25) is 9.84 Å². The molecule has 0 aliphatic carbocycles. The normalized spacial score (nSPS) is 12.1. The first-order valence-corrected chi connectivity index (χ1v) is 11.5. The lowest BCUT2D eigenvalue weighted by atomic mass is 10.2. The second-order valence-electron chi connectivity index (χ2n) is 6.29. The topological polar surface area (TPSA) is 127 Å². The van der Waals surface area contributed by atoms with Gasteiger partial charge in [0.1, 0.15) is 0 Å². The molecule has 0 heterocycles. The first-order valence-electron chi connectivity index (χ1n) is 8.54. The Morgan fingerprint density at radius 2 is 1.70 bits per heavy atom. The summed E-state index contributed by atoms with van der Waals surface area (Å²) in [7, 11) is -8.61. The maximum Gasteiger partial charge on any atom is 0.294 e. The van der Waals surface area contributed by atoms with Crippen LogP contribution in [0, 0.1) is 6.92 Å². The minimum Gasteiger partial charge on any atom is -0.398 e. The minimum atomic E-state index is -4.54. The van der Waals surface area contributed by atoms with Crippen LogP contribution in [-0.2, 0) is 20.0 Å². The quantitative estimate of drug-likeness (QED) is 0.345. The number of unbranched alkanes of at least 4 members (excludes halogenated alkanes) is 2. The molecular weight excluding hydrogens is 388 g/mol. The molecule has 2 aromatic rings. The number of hydrogen-bond acceptors (Lipinski definition) is 6. The van der Waals surface area contributed by atoms with Gasteiger partial charge >= 0.3 is 0 Å². The van der Waals surface area contributed by atoms with E-state index in [1.165, 1.54) is 31.2 Å². The zero-order valence-corrected chi connectivity index (χ0v) is 16.9. The molecule has 2 rings (SSSR count). The summed E-state index contributed by atoms with van der Waals surface area (Å²) < 4.78 is 58.3. The molecule has 0 saturated carbocycles. The number of rotatable bonds is 8. The van der Waals surface area contributed by atoms with Crippen molar-refractivity contribution in [3.63, 3.8) is 0 Å². The van der Waals surface area contributed by atoms with Crippen LogP contribution in [-0.4, -0.2) is 27.9 Å². The number of nitrogen functional groups attached to an aromatic ring is 1. The molecule has 0 aliphatic rings. The van der Waals surface area contributed by atoms with E-state index in [0.29, 0.717) is 12.2 Å². The van der Waals surface area contributed by atoms with Crippen molar-refractivity contribution in [1.82, 2.24) is 0 Å². The molecule has 0 fully saturated rings. The molecule has 4 N–H and O–H groups in total. The summed E-state index contributed by atoms with van der Waals surface area (Å²) in [6.45, 7) is 4.26. The average molecular weight is 413 g/mol. The molecule has 0 radical (unpaired) electrons. The van der Waals surface area contributed by atoms with Crippen LogP contribution in [0.5, 0.6) is 0 Å². The predicted molar refractivity (Wildman–Crippen MR) is 105 cm³/mol. The van der Waals surface area contributed by atoms with E-state index in [1.54, 1.807) is 6.07 Å². The van der Waals surface area contributed by atoms with Crippen molar-refractivity contribution in [2.75, 3.05) is 17.6 Å². The summed E-state index contributed by atoms with van der Waals surface area (Å²) in [6, 6.07) is 8.19. The summed E-state index contributed by atoms with van der Waals surface area (Å²) in [5.41, 5.74) is 6.78. The molecular formula is C18H24N2O5S2. The third kappa shape index (κ3) is 5.00. The van der Waals surface area contributed by atoms with Gasteiger partial charge in [-0.05, 0) is 49.2 Å². The van der Waals surface area contributed by atoms with Crippen LogP contribution < -0.4 is 11.1 Å². The molecule has 0 saturated heterocycles. The predicted octanol–water partition coefficient (Wildman–Crippen LogP) is 3.26. The minimum absolute atomic E-state index is 0.0584. The number of benzene rings is 2. The molecule has 148 valence electrons. The van der Waals surface area contributed by atoms with Gasteiger partial charge in [0.25, 0.3) is 10.1 Å². The molecule has 2 aromatic carbocycles. The van der Waals surface area contributed by atoms with Crippen molar-refractivity contribution in [2.24, 2.45) is 0 Å². The standard InChI is InChI=1S/C18H24N2O5S2/c1-3-4-5-10-20-14-7-9-16(19)18(11-14)26(21,22)15-8-6-13(2)17(12-15)27(23,24)25/h6-9,11-12,20H,3-5,10,19H2,1-2H3,(H,23,24,25). The maximum absolute atomic E-state index is 13.0. The largest absolute Gasteiger partial charge is 0.398 e. The summed E-state index contributed by atoms with van der Waals surface area (Å²) in [5.74, 6) is 0. The fraction of sp³-hybridized carbons (Fsp3) is 0.333. The fourth-order valence-electron chi connectivity index (χ4n) is 2.64. The van der Waals surface area contributed by atoms with Crippen molar-refractivity contribution in [1.29, 1.82) is 0 Å². The highest BCUT2D eigenvalue weighted by molar-refractivity contribution is 7.91. The Morgan fingerprint density at radius 1 is 1.00 bits per heavy atom. The summed E-state index contributed by atoms with van der Waals surface area (Å²) >= 11 is 0. The first-order chi connectivity index (χ1) is 12.6. The Kier molecular flexibility index (Phi) is 6.50. The summed E-state index contributed by atoms with van der Waals surface area (Å²) in [5, 5.41) is 3.16. The summed E-state index contributed by atoms with van der Waals surface area (Å²) in [6.07, 6.45) is 3.10. The van der Waals surface area contributed by atoms with E-state index in [9.17, 15) is 21.4 Å². The second kappa shape index (κ2) is 8.28. The average Bonchev–Trinajstić information content (AvgIpc) is 2.59. The maximum atomic E-state index is 13.0. The highest BCUT2D eigenvalue weighted by atomic mass is 32.2. The Hall–Kier alpha value is -2.10. The second-order valence-corrected chi connectivity index (χ2v) is 9.60. The molecule has 0 bridgehead atoms. The molecule has 0 aromatic heterocycles. The SMILES string of the molecule is CCCCCNc1ccc(N)c(S(=O)(=O)c2ccc(C)c(S(=O)(=O)O)c2)c1. The van der Waals surface area contributed by atoms with Crippen molar-refractivity contribution in [3.8, 4) is 0 Å². The summed E-state index contributed by atoms with van der Waals surface area (Å²) in [4.78, 5) is -0.820. The lowest BCUT2D eigenvalue weighted by Gasteiger charge is -2.13. The van der Waals surface area contributed by atoms with Crippen molar-refractivity contribution < 1.29 is 21.4 Å². The molecule has 0 atom stereocenters. The van der Waals surface area contributed by atoms with Crippen molar-refractivity contribution in [2.45, 2.75) is 47.8 Å². The van der Waals surface area contributed by atoms with Gasteiger partial charge in [0, 0.05) is 12.2 Å². The Morgan fingerprint density at radius 3 is 2.33 bits per heavy atom. The number of anilines is 2. The van der Waals surface area contributed by atoms with Gasteiger partial charge in [-0.1, -0.05) is 25.8 Å². The zero-order valence-electron chi connectivity index (χ0n) is 15.3. The van der Waals surface area contributed by atoms with Gasteiger partial charge in [0.15, 0.2) is 0 Å². The molecule has 9 heteroatoms. The van der Waals surface area contributed by atoms with E-state index < -0.39 is 24.9 Å². The van der Waals surface area contributed by atoms with E-state index in [1.807, 2.05) is 0 Å². The molecule has 0 spiro atoms. The van der Waals surface area contributed by atoms with E-state index in [0.717, 1.165) is 25.3 Å². The number of nitrogens with two attached hydrogens (primary N) is 1. The molecule has 0 unspecified atom stereocenters. The third-order valence-corrected chi connectivity index (χ3v) is 6.96. The number of aryl methyl sites for hydroxylation is 1. The van der Waals surface area contributed by atoms with Crippen LogP contribution in [0.3, 0.4) is 0 Å². The van der Waals surface area contributed by atoms with Crippen LogP contribution in [0.2, 0.25) is 0 Å². The van der Waals surface area contributed by atoms with Gasteiger partial charge in [0.05, 0.1) is 20.4 Å². The molecule has 7 nitrogen and oxygen atoms in total. The van der Waals surface area contributed by atoms with Gasteiger partial charge in [-0.3, -0.25) is 4.55 Å². The van der Waals surface area contributed by atoms with Gasteiger partial charge in [-0.2, -0.15) is 8.42 Å². The van der Waals surface area contributed by atoms with E-state index in [2.05, 4.69) is 12.2 Å². The lowest BCUT2D eigenvalue weighted by Crippen LogP contribution is -2.09. The number of sulfone groups is 1. The van der Waals surface area contributed by atoms with Gasteiger partial charge in [-0.15, -0.1) is 0 Å². The van der Waals surface area contributed by atoms with E-state index in [4.69, 9.17) is 5.73 Å². The van der Waals surface area contributed by atoms with Crippen LogP contribution >= 0.6 is 0 Å². The number of hydrogen-bond donors (Lipinski definition) is 3. The first kappa shape index (κ1) is 21.2. The third-order valence-electron chi connectivity index (χ3n) is 4.16. The monoisotopic (exact) mass is 412 g/mol. The molecule has 0 amide bonds. The van der Waals surface area contributed by atoms with Crippen LogP contribution in [0.1, 0.15) is 31.7 Å². The van der Waals surface area contributed by atoms with Crippen LogP contribution in [0.4, 0.5) is 11.4 Å². The zero-order chi connectivity index (χ0) is 20.2. The van der Waals surface area contributed by atoms with Crippen molar-refractivity contribution in [3.05, 3.63) is 42.0 Å². The molecule has 27 heavy (non-hydrogen) atoms. The molecule has 0 aliphatic heterocycles. The lowest BCUT2D eigenvalue weighted by molar-refractivity contribution is 0.482. The highest BCUT2D eigenvalue weighted by Crippen LogP contribution is 2.30. The smallest absolute Gasteiger partial charge is 0.294 e. The Labute approximate surface area is 160 Å².